The lowest BCUT2D eigenvalue weighted by atomic mass is 9.49. The number of nitrogens with one attached hydrogen (secondary N) is 1. The number of hydrogen-bond acceptors (Lipinski definition) is 9. The molecule has 8 rings (SSSR count). The minimum atomic E-state index is -1.57. The SMILES string of the molecule is COc1ccc(C23C(=O)N(Nc4ccc(Cl)cc4Cl)C(=O)C2CC2C(=CCC4C(=O)N(CCc5ccc(O)cc5)C(=O)C42)C3c2ccc(OC)c(O)c2)cc1. The van der Waals surface area contributed by atoms with Gasteiger partial charge in [0.15, 0.2) is 11.5 Å². The first-order valence-corrected chi connectivity index (χ1v) is 18.7. The van der Waals surface area contributed by atoms with Crippen LogP contribution in [0.25, 0.3) is 0 Å². The summed E-state index contributed by atoms with van der Waals surface area (Å²) in [6.07, 6.45) is 2.71. The van der Waals surface area contributed by atoms with Crippen LogP contribution in [0, 0.1) is 23.7 Å². The second kappa shape index (κ2) is 14.0. The molecular weight excluding hydrogens is 745 g/mol. The number of aromatic hydroxyl groups is 2. The predicted octanol–water partition coefficient (Wildman–Crippen LogP) is 6.65. The van der Waals surface area contributed by atoms with Crippen LogP contribution in [-0.2, 0) is 31.0 Å². The van der Waals surface area contributed by atoms with Crippen molar-refractivity contribution < 1.29 is 38.9 Å². The number of halogens is 2. The van der Waals surface area contributed by atoms with E-state index in [0.29, 0.717) is 28.3 Å². The Bertz CT molecular complexity index is 2260. The number of carbonyl (C=O) groups is 4. The van der Waals surface area contributed by atoms with Crippen LogP contribution in [0.15, 0.2) is 96.6 Å². The Labute approximate surface area is 327 Å². The van der Waals surface area contributed by atoms with Gasteiger partial charge in [-0.25, -0.2) is 0 Å². The van der Waals surface area contributed by atoms with Gasteiger partial charge in [0.05, 0.1) is 48.1 Å². The highest BCUT2D eigenvalue weighted by atomic mass is 35.5. The second-order valence-electron chi connectivity index (χ2n) is 14.4. The van der Waals surface area contributed by atoms with Crippen molar-refractivity contribution in [3.05, 3.63) is 123 Å². The third kappa shape index (κ3) is 5.79. The summed E-state index contributed by atoms with van der Waals surface area (Å²) in [5.41, 5.74) is 4.36. The van der Waals surface area contributed by atoms with Gasteiger partial charge in [0.2, 0.25) is 11.8 Å². The molecule has 4 amide bonds. The molecule has 11 nitrogen and oxygen atoms in total. The maximum Gasteiger partial charge on any atom is 0.260 e. The maximum absolute atomic E-state index is 15.4. The average molecular weight is 783 g/mol. The monoisotopic (exact) mass is 781 g/mol. The summed E-state index contributed by atoms with van der Waals surface area (Å²) in [7, 11) is 2.97. The number of phenols is 2. The van der Waals surface area contributed by atoms with E-state index in [1.54, 1.807) is 72.8 Å². The summed E-state index contributed by atoms with van der Waals surface area (Å²) >= 11 is 12.7. The van der Waals surface area contributed by atoms with Gasteiger partial charge in [-0.3, -0.25) is 29.5 Å². The molecule has 2 saturated heterocycles. The number of phenolic OH excluding ortho intramolecular Hbond substituents is 2. The first-order chi connectivity index (χ1) is 26.5. The van der Waals surface area contributed by atoms with Crippen LogP contribution in [0.3, 0.4) is 0 Å². The van der Waals surface area contributed by atoms with Crippen molar-refractivity contribution in [1.82, 2.24) is 9.91 Å². The standard InChI is InChI=1S/C42H37Cl2N3O8/c1-54-27-11-6-24(7-12-27)42-31(39(51)47(41(42)53)45-33-15-8-25(43)20-32(33)44)21-30-28(37(42)23-5-16-35(55-2)34(49)19-23)13-14-29-36(30)40(52)46(38(29)50)18-17-22-3-9-26(48)10-4-22/h3-13,15-16,19-20,29-31,36-37,45,48-49H,14,17-18,21H2,1-2H3. The van der Waals surface area contributed by atoms with E-state index in [1.165, 1.54) is 31.3 Å². The zero-order valence-corrected chi connectivity index (χ0v) is 31.4. The number of rotatable bonds is 9. The summed E-state index contributed by atoms with van der Waals surface area (Å²) in [5, 5.41) is 22.4. The van der Waals surface area contributed by atoms with Crippen molar-refractivity contribution in [1.29, 1.82) is 0 Å². The topological polar surface area (TPSA) is 146 Å². The molecule has 0 aromatic heterocycles. The number of hydrazine groups is 1. The molecule has 2 aliphatic carbocycles. The molecule has 6 atom stereocenters. The Kier molecular flexibility index (Phi) is 9.25. The van der Waals surface area contributed by atoms with Crippen molar-refractivity contribution in [3.8, 4) is 23.0 Å². The van der Waals surface area contributed by atoms with Crippen LogP contribution in [0.5, 0.6) is 23.0 Å². The van der Waals surface area contributed by atoms with Gasteiger partial charge >= 0.3 is 0 Å². The molecule has 0 spiro atoms. The van der Waals surface area contributed by atoms with E-state index in [-0.39, 0.29) is 59.2 Å². The van der Waals surface area contributed by atoms with Gasteiger partial charge in [0.25, 0.3) is 11.8 Å². The van der Waals surface area contributed by atoms with Gasteiger partial charge in [-0.2, -0.15) is 5.01 Å². The van der Waals surface area contributed by atoms with Gasteiger partial charge in [-0.15, -0.1) is 0 Å². The fourth-order valence-electron chi connectivity index (χ4n) is 9.29. The Morgan fingerprint density at radius 2 is 1.58 bits per heavy atom. The zero-order chi connectivity index (χ0) is 38.8. The first kappa shape index (κ1) is 36.5. The number of fused-ring (bicyclic) bond motifs is 4. The van der Waals surface area contributed by atoms with Crippen LogP contribution >= 0.6 is 23.2 Å². The molecule has 13 heteroatoms. The number of amides is 4. The van der Waals surface area contributed by atoms with Gasteiger partial charge in [0, 0.05) is 17.5 Å². The number of anilines is 1. The zero-order valence-electron chi connectivity index (χ0n) is 29.9. The van der Waals surface area contributed by atoms with Crippen molar-refractivity contribution in [2.75, 3.05) is 26.2 Å². The molecule has 3 fully saturated rings. The summed E-state index contributed by atoms with van der Waals surface area (Å²) in [4.78, 5) is 60.1. The fourth-order valence-corrected chi connectivity index (χ4v) is 9.74. The van der Waals surface area contributed by atoms with Crippen LogP contribution in [0.2, 0.25) is 10.0 Å². The molecule has 4 aromatic rings. The van der Waals surface area contributed by atoms with Gasteiger partial charge in [-0.1, -0.05) is 65.2 Å². The lowest BCUT2D eigenvalue weighted by Gasteiger charge is -2.50. The van der Waals surface area contributed by atoms with E-state index in [0.717, 1.165) is 16.1 Å². The van der Waals surface area contributed by atoms with Crippen LogP contribution < -0.4 is 14.9 Å². The summed E-state index contributed by atoms with van der Waals surface area (Å²) < 4.78 is 10.8. The fraction of sp³-hybridized carbons (Fsp3) is 0.286. The Balaban J connectivity index is 1.27. The number of allylic oxidation sites excluding steroid dienone is 2. The second-order valence-corrected chi connectivity index (χ2v) is 15.2. The summed E-state index contributed by atoms with van der Waals surface area (Å²) in [5.74, 6) is -4.83. The normalized spacial score (nSPS) is 25.7. The van der Waals surface area contributed by atoms with Gasteiger partial charge in [-0.05, 0) is 96.5 Å². The van der Waals surface area contributed by atoms with Crippen molar-refractivity contribution >= 4 is 52.5 Å². The number of ether oxygens (including phenoxy) is 2. The highest BCUT2D eigenvalue weighted by Gasteiger charge is 2.70. The highest BCUT2D eigenvalue weighted by molar-refractivity contribution is 6.36. The lowest BCUT2D eigenvalue weighted by molar-refractivity contribution is -0.141. The molecule has 3 N–H and O–H groups in total. The molecule has 4 aromatic carbocycles. The van der Waals surface area contributed by atoms with Gasteiger partial charge in [0.1, 0.15) is 11.5 Å². The van der Waals surface area contributed by atoms with E-state index < -0.39 is 46.8 Å². The summed E-state index contributed by atoms with van der Waals surface area (Å²) in [6, 6.07) is 23.2. The predicted molar refractivity (Wildman–Crippen MR) is 204 cm³/mol. The van der Waals surface area contributed by atoms with Crippen LogP contribution in [0.4, 0.5) is 5.69 Å². The molecule has 4 aliphatic rings. The molecular formula is C42H37Cl2N3O8. The molecule has 0 bridgehead atoms. The Hall–Kier alpha value is -5.52. The van der Waals surface area contributed by atoms with Crippen molar-refractivity contribution in [2.45, 2.75) is 30.6 Å². The van der Waals surface area contributed by atoms with Crippen LogP contribution in [-0.4, -0.2) is 64.5 Å². The van der Waals surface area contributed by atoms with Gasteiger partial charge < -0.3 is 19.7 Å². The number of benzene rings is 4. The molecule has 2 heterocycles. The molecule has 0 radical (unpaired) electrons. The molecule has 1 saturated carbocycles. The maximum atomic E-state index is 15.4. The molecule has 6 unspecified atom stereocenters. The lowest BCUT2D eigenvalue weighted by Crippen LogP contribution is -2.53. The van der Waals surface area contributed by atoms with E-state index in [2.05, 4.69) is 5.43 Å². The third-order valence-corrected chi connectivity index (χ3v) is 12.3. The number of imide groups is 2. The van der Waals surface area contributed by atoms with E-state index in [4.69, 9.17) is 32.7 Å². The molecule has 2 aliphatic heterocycles. The van der Waals surface area contributed by atoms with E-state index in [9.17, 15) is 24.6 Å². The number of nitrogens with zero attached hydrogens (tertiary/aromatic N) is 2. The smallest absolute Gasteiger partial charge is 0.260 e. The Morgan fingerprint density at radius 1 is 0.836 bits per heavy atom. The van der Waals surface area contributed by atoms with Crippen molar-refractivity contribution in [3.63, 3.8) is 0 Å². The van der Waals surface area contributed by atoms with E-state index >= 15 is 4.79 Å². The van der Waals surface area contributed by atoms with E-state index in [1.807, 2.05) is 6.08 Å². The van der Waals surface area contributed by atoms with Crippen LogP contribution in [0.1, 0.15) is 35.4 Å². The molecule has 55 heavy (non-hydrogen) atoms. The average Bonchev–Trinajstić information content (AvgIpc) is 3.55. The minimum Gasteiger partial charge on any atom is -0.508 e. The third-order valence-electron chi connectivity index (χ3n) is 11.8. The Morgan fingerprint density at radius 3 is 2.25 bits per heavy atom. The number of carbonyl (C=O) groups excluding carboxylic acids is 4. The first-order valence-electron chi connectivity index (χ1n) is 17.9. The number of methoxy groups -OCH3 is 2. The minimum absolute atomic E-state index is 0.0968. The number of likely N-dealkylation sites (tertiary alicyclic amines) is 1. The largest absolute Gasteiger partial charge is 0.508 e. The highest BCUT2D eigenvalue weighted by Crippen LogP contribution is 2.64. The molecule has 282 valence electrons. The number of hydrogen-bond donors (Lipinski definition) is 3. The quantitative estimate of drug-likeness (QED) is 0.126. The summed E-state index contributed by atoms with van der Waals surface area (Å²) in [6.45, 7) is 0.156. The van der Waals surface area contributed by atoms with Crippen molar-refractivity contribution in [2.24, 2.45) is 23.7 Å².